The van der Waals surface area contributed by atoms with Crippen LogP contribution in [0, 0.1) is 0 Å². The minimum atomic E-state index is -4.40. The number of nitrogens with two attached hydrogens (primary N) is 1. The van der Waals surface area contributed by atoms with Gasteiger partial charge in [0.1, 0.15) is 54.4 Å². The molecule has 8 rings (SSSR count). The second-order valence-corrected chi connectivity index (χ2v) is 17.9. The van der Waals surface area contributed by atoms with Gasteiger partial charge in [-0.05, 0) is 30.2 Å². The summed E-state index contributed by atoms with van der Waals surface area (Å²) < 4.78 is 52.8. The lowest BCUT2D eigenvalue weighted by Crippen LogP contribution is -2.36. The van der Waals surface area contributed by atoms with Gasteiger partial charge in [-0.25, -0.2) is 19.5 Å². The zero-order chi connectivity index (χ0) is 35.8. The van der Waals surface area contributed by atoms with Crippen molar-refractivity contribution in [1.82, 2.24) is 33.6 Å². The number of nitrogens with one attached hydrogen (secondary N) is 1. The zero-order valence-corrected chi connectivity index (χ0v) is 29.8. The molecule has 4 aliphatic heterocycles. The number of hydrogen-bond donors (Lipinski definition) is 7. The Kier molecular flexibility index (Phi) is 9.28. The van der Waals surface area contributed by atoms with Crippen LogP contribution in [-0.2, 0) is 56.9 Å². The standard InChI is InChI=1S/C26H33N9O12P2S2/c27-26-32-22-15(23(39)33(26)4-5-36)31-10-35(22)25-19-16(37)12(44-25)7-42-48(40,50)46-18-13(8-43-49(41,51)47-19)45-24(17(18)38)34-6-11-2-1-3-28-20-14(11)21(34)30-9-29-20/h6,9-10,12-13,16-19,24-25,36-38H,1-5,7-8H2,(H2,27,32)(H,40,50)(H,41,51)(H,28,29,30)/t12-,13-,16-,17-,18-,19-,24-,25-,48?,49?/m1/s1. The molecule has 0 saturated carbocycles. The quantitative estimate of drug-likeness (QED) is 0.102. The predicted molar refractivity (Wildman–Crippen MR) is 182 cm³/mol. The first-order valence-electron chi connectivity index (χ1n) is 15.8. The molecule has 21 nitrogen and oxygen atoms in total. The van der Waals surface area contributed by atoms with Crippen molar-refractivity contribution in [2.75, 3.05) is 37.4 Å². The van der Waals surface area contributed by atoms with Gasteiger partial charge in [0.25, 0.3) is 5.56 Å². The number of aromatic nitrogens is 7. The summed E-state index contributed by atoms with van der Waals surface area (Å²) in [5.41, 5.74) is 6.57. The van der Waals surface area contributed by atoms with Gasteiger partial charge in [0.05, 0.1) is 38.1 Å². The first-order valence-corrected chi connectivity index (χ1v) is 21.0. The predicted octanol–water partition coefficient (Wildman–Crippen LogP) is -0.441. The molecule has 2 bridgehead atoms. The van der Waals surface area contributed by atoms with Crippen molar-refractivity contribution >= 4 is 71.5 Å². The highest BCUT2D eigenvalue weighted by atomic mass is 32.7. The monoisotopic (exact) mass is 789 g/mol. The Hall–Kier alpha value is -2.60. The van der Waals surface area contributed by atoms with Gasteiger partial charge < -0.3 is 49.8 Å². The number of hydrogen-bond acceptors (Lipinski definition) is 18. The highest BCUT2D eigenvalue weighted by molar-refractivity contribution is 8.44. The third kappa shape index (κ3) is 6.31. The molecule has 25 heteroatoms. The second kappa shape index (κ2) is 13.4. The van der Waals surface area contributed by atoms with E-state index < -0.39 is 81.4 Å². The van der Waals surface area contributed by atoms with E-state index in [4.69, 9.17) is 45.1 Å². The van der Waals surface area contributed by atoms with Gasteiger partial charge in [0.2, 0.25) is 5.95 Å². The fourth-order valence-electron chi connectivity index (χ4n) is 6.79. The molecule has 4 aromatic heterocycles. The number of thiol groups is 1. The first kappa shape index (κ1) is 35.4. The Bertz CT molecular complexity index is 2150. The minimum Gasteiger partial charge on any atom is -0.395 e. The maximum absolute atomic E-state index is 13.8. The fourth-order valence-corrected chi connectivity index (χ4v) is 9.70. The summed E-state index contributed by atoms with van der Waals surface area (Å²) in [6.45, 7) is -9.48. The van der Waals surface area contributed by atoms with Crippen LogP contribution in [0.2, 0.25) is 0 Å². The van der Waals surface area contributed by atoms with E-state index in [0.717, 1.165) is 34.9 Å². The molecule has 3 saturated heterocycles. The van der Waals surface area contributed by atoms with E-state index >= 15 is 0 Å². The number of rotatable bonds is 4. The van der Waals surface area contributed by atoms with E-state index in [-0.39, 0.29) is 30.3 Å². The van der Waals surface area contributed by atoms with Crippen molar-refractivity contribution in [3.8, 4) is 0 Å². The summed E-state index contributed by atoms with van der Waals surface area (Å²) in [5, 5.41) is 36.3. The summed E-state index contributed by atoms with van der Waals surface area (Å²) in [7, 11) is 0. The normalized spacial score (nSPS) is 35.9. The molecule has 7 N–H and O–H groups in total. The Balaban J connectivity index is 1.11. The Morgan fingerprint density at radius 3 is 2.63 bits per heavy atom. The second-order valence-electron chi connectivity index (χ2n) is 12.3. The SMILES string of the molecule is Nc1nc2c(ncn2[C@@H]2O[C@@H]3COP(O)(=S)O[C@H]4[C@@H](O)[C@H](n5cc6c7c(ncnc75)NCCC6)O[C@@H]4COP(=O)(S)O[C@@H]2[C@@H]3O)c(=O)n1CCO. The Labute approximate surface area is 297 Å². The maximum Gasteiger partial charge on any atom is 0.386 e. The van der Waals surface area contributed by atoms with Crippen LogP contribution in [0.1, 0.15) is 24.4 Å². The molecule has 8 heterocycles. The summed E-state index contributed by atoms with van der Waals surface area (Å²) >= 11 is 9.47. The summed E-state index contributed by atoms with van der Waals surface area (Å²) in [5.74, 6) is 0.415. The van der Waals surface area contributed by atoms with Crippen LogP contribution in [0.5, 0.6) is 0 Å². The summed E-state index contributed by atoms with van der Waals surface area (Å²) in [4.78, 5) is 41.4. The highest BCUT2D eigenvalue weighted by Crippen LogP contribution is 2.58. The number of imidazole rings is 1. The van der Waals surface area contributed by atoms with Crippen molar-refractivity contribution in [3.05, 3.63) is 34.8 Å². The third-order valence-electron chi connectivity index (χ3n) is 9.12. The van der Waals surface area contributed by atoms with Gasteiger partial charge in [-0.1, -0.05) is 12.2 Å². The molecule has 3 fully saturated rings. The Morgan fingerprint density at radius 2 is 1.82 bits per heavy atom. The molecule has 0 amide bonds. The maximum atomic E-state index is 13.8. The minimum absolute atomic E-state index is 0.0622. The van der Waals surface area contributed by atoms with E-state index in [1.54, 1.807) is 10.8 Å². The molecular weight excluding hydrogens is 756 g/mol. The molecule has 0 aromatic carbocycles. The lowest BCUT2D eigenvalue weighted by molar-refractivity contribution is -0.0587. The van der Waals surface area contributed by atoms with Crippen molar-refractivity contribution in [1.29, 1.82) is 0 Å². The summed E-state index contributed by atoms with van der Waals surface area (Å²) in [6.07, 6.45) is -4.91. The third-order valence-corrected chi connectivity index (χ3v) is 12.3. The van der Waals surface area contributed by atoms with Crippen molar-refractivity contribution < 1.29 is 52.3 Å². The number of fused-ring (bicyclic) bond motifs is 4. The number of aliphatic hydroxyl groups excluding tert-OH is 3. The number of nitrogens with zero attached hydrogens (tertiary/aromatic N) is 7. The Morgan fingerprint density at radius 1 is 1.04 bits per heavy atom. The average Bonchev–Trinajstić information content (AvgIpc) is 3.78. The topological polar surface area (TPSA) is 275 Å². The first-order chi connectivity index (χ1) is 24.4. The van der Waals surface area contributed by atoms with Crippen molar-refractivity contribution in [2.45, 2.75) is 68.5 Å². The van der Waals surface area contributed by atoms with Crippen molar-refractivity contribution in [3.63, 3.8) is 0 Å². The average molecular weight is 790 g/mol. The van der Waals surface area contributed by atoms with Gasteiger partial charge in [0, 0.05) is 12.7 Å². The number of aryl methyl sites for hydroxylation is 1. The van der Waals surface area contributed by atoms with Crippen LogP contribution in [0.15, 0.2) is 23.6 Å². The van der Waals surface area contributed by atoms with E-state index in [1.807, 2.05) is 0 Å². The van der Waals surface area contributed by atoms with E-state index in [2.05, 4.69) is 37.5 Å². The van der Waals surface area contributed by atoms with Crippen molar-refractivity contribution in [2.24, 2.45) is 0 Å². The molecule has 4 aromatic rings. The van der Waals surface area contributed by atoms with Crippen LogP contribution in [0.25, 0.3) is 22.2 Å². The molecule has 276 valence electrons. The molecule has 0 spiro atoms. The number of aliphatic hydroxyl groups is 3. The fraction of sp³-hybridized carbons (Fsp3) is 0.577. The lowest BCUT2D eigenvalue weighted by atomic mass is 10.1. The van der Waals surface area contributed by atoms with Gasteiger partial charge in [-0.3, -0.25) is 27.5 Å². The zero-order valence-electron chi connectivity index (χ0n) is 26.3. The number of ether oxygens (including phenoxy) is 2. The lowest BCUT2D eigenvalue weighted by Gasteiger charge is -2.27. The van der Waals surface area contributed by atoms with E-state index in [9.17, 15) is 29.6 Å². The smallest absolute Gasteiger partial charge is 0.386 e. The molecule has 0 aliphatic carbocycles. The largest absolute Gasteiger partial charge is 0.395 e. The summed E-state index contributed by atoms with van der Waals surface area (Å²) in [6, 6.07) is 0. The molecule has 51 heavy (non-hydrogen) atoms. The molecule has 4 aliphatic rings. The van der Waals surface area contributed by atoms with Crippen LogP contribution in [0.3, 0.4) is 0 Å². The highest BCUT2D eigenvalue weighted by Gasteiger charge is 2.53. The molecule has 10 atom stereocenters. The molecule has 2 unspecified atom stereocenters. The van der Waals surface area contributed by atoms with Gasteiger partial charge in [0.15, 0.2) is 23.6 Å². The van der Waals surface area contributed by atoms with Crippen LogP contribution < -0.4 is 16.6 Å². The van der Waals surface area contributed by atoms with Gasteiger partial charge in [-0.2, -0.15) is 4.98 Å². The number of anilines is 2. The van der Waals surface area contributed by atoms with E-state index in [0.29, 0.717) is 11.5 Å². The molecular formula is C26H33N9O12P2S2. The van der Waals surface area contributed by atoms with Gasteiger partial charge in [-0.15, -0.1) is 0 Å². The molecule has 0 radical (unpaired) electrons. The number of nitrogen functional groups attached to an aromatic ring is 1. The van der Waals surface area contributed by atoms with E-state index in [1.165, 1.54) is 17.2 Å². The van der Waals surface area contributed by atoms with Crippen LogP contribution >= 0.6 is 25.8 Å². The van der Waals surface area contributed by atoms with Crippen LogP contribution in [0.4, 0.5) is 11.8 Å². The van der Waals surface area contributed by atoms with Gasteiger partial charge >= 0.3 is 13.5 Å². The van der Waals surface area contributed by atoms with Crippen LogP contribution in [-0.4, -0.2) is 117 Å².